The van der Waals surface area contributed by atoms with E-state index in [0.29, 0.717) is 10.7 Å². The number of nitrogen functional groups attached to an aromatic ring is 1. The summed E-state index contributed by atoms with van der Waals surface area (Å²) in [6, 6.07) is 6.68. The quantitative estimate of drug-likeness (QED) is 0.681. The van der Waals surface area contributed by atoms with Gasteiger partial charge in [-0.3, -0.25) is 4.68 Å². The normalized spacial score (nSPS) is 10.6. The number of nitrogens with two attached hydrogens (primary N) is 1. The standard InChI is InChI=1S/C15H18ClN3O2/c1-3-11-8-12(19(4-2)18-11)9-21-15(20)13-7-10(17)5-6-14(13)16/h5-8H,3-4,9,17H2,1-2H3. The molecule has 0 unspecified atom stereocenters. The molecule has 1 aromatic heterocycles. The van der Waals surface area contributed by atoms with Crippen LogP contribution in [-0.2, 0) is 24.3 Å². The molecule has 0 aliphatic heterocycles. The van der Waals surface area contributed by atoms with Gasteiger partial charge >= 0.3 is 5.97 Å². The first-order valence-electron chi connectivity index (χ1n) is 6.82. The first kappa shape index (κ1) is 15.4. The first-order valence-corrected chi connectivity index (χ1v) is 7.20. The molecule has 2 rings (SSSR count). The number of aromatic nitrogens is 2. The van der Waals surface area contributed by atoms with Crippen LogP contribution in [0.15, 0.2) is 24.3 Å². The third-order valence-electron chi connectivity index (χ3n) is 3.14. The highest BCUT2D eigenvalue weighted by Gasteiger charge is 2.14. The lowest BCUT2D eigenvalue weighted by molar-refractivity contribution is 0.0462. The Morgan fingerprint density at radius 3 is 2.81 bits per heavy atom. The number of nitrogens with zero attached hydrogens (tertiary/aromatic N) is 2. The average molecular weight is 308 g/mol. The second-order valence-corrected chi connectivity index (χ2v) is 5.02. The average Bonchev–Trinajstić information content (AvgIpc) is 2.89. The van der Waals surface area contributed by atoms with E-state index >= 15 is 0 Å². The summed E-state index contributed by atoms with van der Waals surface area (Å²) >= 11 is 5.98. The summed E-state index contributed by atoms with van der Waals surface area (Å²) in [5.41, 5.74) is 8.24. The van der Waals surface area contributed by atoms with Gasteiger partial charge in [-0.2, -0.15) is 5.10 Å². The van der Waals surface area contributed by atoms with Crippen molar-refractivity contribution in [3.8, 4) is 0 Å². The van der Waals surface area contributed by atoms with Crippen LogP contribution in [-0.4, -0.2) is 15.7 Å². The number of carbonyl (C=O) groups is 1. The van der Waals surface area contributed by atoms with E-state index in [1.807, 2.05) is 24.6 Å². The van der Waals surface area contributed by atoms with E-state index in [2.05, 4.69) is 5.10 Å². The highest BCUT2D eigenvalue weighted by atomic mass is 35.5. The predicted octanol–water partition coefficient (Wildman–Crippen LogP) is 3.06. The fraction of sp³-hybridized carbons (Fsp3) is 0.333. The zero-order valence-electron chi connectivity index (χ0n) is 12.1. The number of benzene rings is 1. The zero-order chi connectivity index (χ0) is 15.4. The van der Waals surface area contributed by atoms with Gasteiger partial charge in [0.05, 0.1) is 22.0 Å². The van der Waals surface area contributed by atoms with Gasteiger partial charge in [-0.15, -0.1) is 0 Å². The lowest BCUT2D eigenvalue weighted by Crippen LogP contribution is -2.10. The highest BCUT2D eigenvalue weighted by molar-refractivity contribution is 6.33. The van der Waals surface area contributed by atoms with Crippen molar-refractivity contribution in [1.82, 2.24) is 9.78 Å². The van der Waals surface area contributed by atoms with Gasteiger partial charge in [0.1, 0.15) is 6.61 Å². The molecule has 1 aromatic carbocycles. The Morgan fingerprint density at radius 2 is 2.14 bits per heavy atom. The van der Waals surface area contributed by atoms with Gasteiger partial charge in [-0.25, -0.2) is 4.79 Å². The molecule has 0 bridgehead atoms. The third kappa shape index (κ3) is 3.55. The van der Waals surface area contributed by atoms with Crippen molar-refractivity contribution in [2.45, 2.75) is 33.4 Å². The fourth-order valence-corrected chi connectivity index (χ4v) is 2.19. The summed E-state index contributed by atoms with van der Waals surface area (Å²) in [6.45, 7) is 4.91. The van der Waals surface area contributed by atoms with Crippen molar-refractivity contribution in [2.75, 3.05) is 5.73 Å². The molecule has 0 amide bonds. The summed E-state index contributed by atoms with van der Waals surface area (Å²) in [5, 5.41) is 4.74. The van der Waals surface area contributed by atoms with Crippen molar-refractivity contribution >= 4 is 23.3 Å². The van der Waals surface area contributed by atoms with E-state index in [1.165, 1.54) is 6.07 Å². The van der Waals surface area contributed by atoms with Crippen LogP contribution in [0.3, 0.4) is 0 Å². The number of anilines is 1. The predicted molar refractivity (Wildman–Crippen MR) is 82.3 cm³/mol. The molecule has 0 aliphatic carbocycles. The molecule has 6 heteroatoms. The maximum absolute atomic E-state index is 12.1. The van der Waals surface area contributed by atoms with E-state index in [0.717, 1.165) is 24.4 Å². The highest BCUT2D eigenvalue weighted by Crippen LogP contribution is 2.20. The van der Waals surface area contributed by atoms with Crippen LogP contribution < -0.4 is 5.73 Å². The Balaban J connectivity index is 2.10. The molecule has 1 heterocycles. The van der Waals surface area contributed by atoms with Gasteiger partial charge in [-0.05, 0) is 37.6 Å². The Labute approximate surface area is 128 Å². The van der Waals surface area contributed by atoms with Crippen molar-refractivity contribution < 1.29 is 9.53 Å². The Kier molecular flexibility index (Phi) is 4.85. The number of carbonyl (C=O) groups excluding carboxylic acids is 1. The van der Waals surface area contributed by atoms with Gasteiger partial charge < -0.3 is 10.5 Å². The largest absolute Gasteiger partial charge is 0.456 e. The summed E-state index contributed by atoms with van der Waals surface area (Å²) in [7, 11) is 0. The molecule has 0 saturated carbocycles. The second kappa shape index (κ2) is 6.63. The van der Waals surface area contributed by atoms with Crippen LogP contribution in [0.5, 0.6) is 0 Å². The van der Waals surface area contributed by atoms with Gasteiger partial charge in [0, 0.05) is 12.2 Å². The molecule has 0 atom stereocenters. The van der Waals surface area contributed by atoms with Crippen LogP contribution >= 0.6 is 11.6 Å². The number of aryl methyl sites for hydroxylation is 2. The lowest BCUT2D eigenvalue weighted by atomic mass is 10.2. The van der Waals surface area contributed by atoms with Gasteiger partial charge in [0.2, 0.25) is 0 Å². The van der Waals surface area contributed by atoms with Crippen molar-refractivity contribution in [1.29, 1.82) is 0 Å². The fourth-order valence-electron chi connectivity index (χ4n) is 1.99. The Morgan fingerprint density at radius 1 is 1.38 bits per heavy atom. The minimum absolute atomic E-state index is 0.158. The molecule has 0 aliphatic rings. The minimum Gasteiger partial charge on any atom is -0.456 e. The zero-order valence-corrected chi connectivity index (χ0v) is 12.9. The number of esters is 1. The number of ether oxygens (including phenoxy) is 1. The number of hydrogen-bond acceptors (Lipinski definition) is 4. The molecule has 21 heavy (non-hydrogen) atoms. The van der Waals surface area contributed by atoms with Crippen LogP contribution in [0.4, 0.5) is 5.69 Å². The monoisotopic (exact) mass is 307 g/mol. The van der Waals surface area contributed by atoms with Gasteiger partial charge in [0.25, 0.3) is 0 Å². The van der Waals surface area contributed by atoms with Crippen molar-refractivity contribution in [3.05, 3.63) is 46.2 Å². The molecule has 2 aromatic rings. The molecule has 112 valence electrons. The number of rotatable bonds is 5. The maximum atomic E-state index is 12.1. The SMILES string of the molecule is CCc1cc(COC(=O)c2cc(N)ccc2Cl)n(CC)n1. The Hall–Kier alpha value is -2.01. The number of halogens is 1. The van der Waals surface area contributed by atoms with E-state index < -0.39 is 5.97 Å². The van der Waals surface area contributed by atoms with Crippen molar-refractivity contribution in [3.63, 3.8) is 0 Å². The van der Waals surface area contributed by atoms with Crippen LogP contribution in [0.2, 0.25) is 5.02 Å². The summed E-state index contributed by atoms with van der Waals surface area (Å²) in [5.74, 6) is -0.491. The van der Waals surface area contributed by atoms with E-state index in [-0.39, 0.29) is 12.2 Å². The summed E-state index contributed by atoms with van der Waals surface area (Å²) < 4.78 is 7.14. The van der Waals surface area contributed by atoms with Crippen LogP contribution in [0.25, 0.3) is 0 Å². The van der Waals surface area contributed by atoms with Gasteiger partial charge in [0.15, 0.2) is 0 Å². The molecule has 0 radical (unpaired) electrons. The van der Waals surface area contributed by atoms with E-state index in [9.17, 15) is 4.79 Å². The number of hydrogen-bond donors (Lipinski definition) is 1. The van der Waals surface area contributed by atoms with E-state index in [1.54, 1.807) is 12.1 Å². The van der Waals surface area contributed by atoms with E-state index in [4.69, 9.17) is 22.1 Å². The molecular formula is C15H18ClN3O2. The molecule has 5 nitrogen and oxygen atoms in total. The lowest BCUT2D eigenvalue weighted by Gasteiger charge is -2.08. The van der Waals surface area contributed by atoms with Crippen LogP contribution in [0.1, 0.15) is 35.6 Å². The topological polar surface area (TPSA) is 70.1 Å². The smallest absolute Gasteiger partial charge is 0.340 e. The molecule has 0 spiro atoms. The summed E-state index contributed by atoms with van der Waals surface area (Å²) in [6.07, 6.45) is 0.842. The van der Waals surface area contributed by atoms with Gasteiger partial charge in [-0.1, -0.05) is 18.5 Å². The summed E-state index contributed by atoms with van der Waals surface area (Å²) in [4.78, 5) is 12.1. The molecular weight excluding hydrogens is 290 g/mol. The van der Waals surface area contributed by atoms with Crippen LogP contribution in [0, 0.1) is 0 Å². The third-order valence-corrected chi connectivity index (χ3v) is 3.47. The molecule has 2 N–H and O–H groups in total. The van der Waals surface area contributed by atoms with Crippen molar-refractivity contribution in [2.24, 2.45) is 0 Å². The maximum Gasteiger partial charge on any atom is 0.340 e. The Bertz CT molecular complexity index is 652. The molecule has 0 fully saturated rings. The first-order chi connectivity index (χ1) is 10.0. The molecule has 0 saturated heterocycles. The second-order valence-electron chi connectivity index (χ2n) is 4.61. The minimum atomic E-state index is -0.491.